The first-order chi connectivity index (χ1) is 15.7. The minimum absolute atomic E-state index is 0.0629. The van der Waals surface area contributed by atoms with Gasteiger partial charge in [0, 0.05) is 32.3 Å². The summed E-state index contributed by atoms with van der Waals surface area (Å²) in [6.07, 6.45) is 1.75. The van der Waals surface area contributed by atoms with E-state index in [4.69, 9.17) is 0 Å². The van der Waals surface area contributed by atoms with Gasteiger partial charge in [0.2, 0.25) is 5.91 Å². The van der Waals surface area contributed by atoms with E-state index in [0.29, 0.717) is 55.8 Å². The molecule has 0 atom stereocenters. The number of fused-ring (bicyclic) bond motifs is 1. The van der Waals surface area contributed by atoms with Gasteiger partial charge in [0.25, 0.3) is 5.91 Å². The van der Waals surface area contributed by atoms with Gasteiger partial charge in [-0.15, -0.1) is 8.78 Å². The number of benzene rings is 1. The van der Waals surface area contributed by atoms with Crippen LogP contribution in [0.25, 0.3) is 6.08 Å². The van der Waals surface area contributed by atoms with E-state index in [9.17, 15) is 23.5 Å². The Hall–Kier alpha value is -3.60. The topological polar surface area (TPSA) is 105 Å². The highest BCUT2D eigenvalue weighted by Crippen LogP contribution is 2.44. The minimum atomic E-state index is -3.69. The standard InChI is InChI=1S/C22H20F2N4O5/c23-22(24)32-16-3-1-14(11-17(16)33-22)2-4-19(29)27-7-9-28(10-8-27)20(30)15-12-18(26-25-13-15)21(31)5-6-21/h1-4,11-13,31H,5-10H2/b4-2+. The van der Waals surface area contributed by atoms with Gasteiger partial charge in [-0.2, -0.15) is 10.2 Å². The van der Waals surface area contributed by atoms with Crippen LogP contribution in [0.2, 0.25) is 0 Å². The van der Waals surface area contributed by atoms with Crippen LogP contribution in [-0.2, 0) is 10.4 Å². The molecule has 2 aliphatic heterocycles. The SMILES string of the molecule is O=C(/C=C/c1ccc2c(c1)OC(F)(F)O2)N1CCN(C(=O)c2cnnc(C3(O)CC3)c2)CC1. The van der Waals surface area contributed by atoms with E-state index >= 15 is 0 Å². The number of aromatic nitrogens is 2. The van der Waals surface area contributed by atoms with Crippen LogP contribution in [0.15, 0.2) is 36.5 Å². The van der Waals surface area contributed by atoms with Crippen molar-refractivity contribution < 1.29 is 33.0 Å². The van der Waals surface area contributed by atoms with Crippen molar-refractivity contribution in [2.24, 2.45) is 0 Å². The Balaban J connectivity index is 1.17. The lowest BCUT2D eigenvalue weighted by atomic mass is 10.1. The van der Waals surface area contributed by atoms with Gasteiger partial charge in [0.05, 0.1) is 17.5 Å². The molecule has 9 nitrogen and oxygen atoms in total. The smallest absolute Gasteiger partial charge is 0.395 e. The molecule has 0 radical (unpaired) electrons. The van der Waals surface area contributed by atoms with Crippen LogP contribution in [0.5, 0.6) is 11.5 Å². The zero-order valence-electron chi connectivity index (χ0n) is 17.4. The molecule has 172 valence electrons. The molecule has 1 saturated heterocycles. The molecule has 2 amide bonds. The highest BCUT2D eigenvalue weighted by Gasteiger charge is 2.44. The summed E-state index contributed by atoms with van der Waals surface area (Å²) in [7, 11) is 0. The summed E-state index contributed by atoms with van der Waals surface area (Å²) >= 11 is 0. The summed E-state index contributed by atoms with van der Waals surface area (Å²) in [5.74, 6) is -0.638. The normalized spacial score (nSPS) is 20.2. The van der Waals surface area contributed by atoms with Crippen molar-refractivity contribution in [1.29, 1.82) is 0 Å². The fourth-order valence-corrected chi connectivity index (χ4v) is 3.74. The molecule has 3 heterocycles. The second kappa shape index (κ2) is 7.77. The highest BCUT2D eigenvalue weighted by atomic mass is 19.3. The average Bonchev–Trinajstić information content (AvgIpc) is 3.48. The van der Waals surface area contributed by atoms with Crippen molar-refractivity contribution in [3.63, 3.8) is 0 Å². The summed E-state index contributed by atoms with van der Waals surface area (Å²) < 4.78 is 35.0. The molecule has 33 heavy (non-hydrogen) atoms. The van der Waals surface area contributed by atoms with Gasteiger partial charge in [-0.1, -0.05) is 6.07 Å². The molecule has 0 spiro atoms. The lowest BCUT2D eigenvalue weighted by Crippen LogP contribution is -2.50. The average molecular weight is 458 g/mol. The van der Waals surface area contributed by atoms with Crippen molar-refractivity contribution in [3.05, 3.63) is 53.4 Å². The number of alkyl halides is 2. The third-order valence-electron chi connectivity index (χ3n) is 5.82. The Labute approximate surface area is 187 Å². The third-order valence-corrected chi connectivity index (χ3v) is 5.82. The zero-order chi connectivity index (χ0) is 23.2. The summed E-state index contributed by atoms with van der Waals surface area (Å²) in [6.45, 7) is 1.38. The van der Waals surface area contributed by atoms with Crippen LogP contribution in [0.4, 0.5) is 8.78 Å². The molecule has 1 N–H and O–H groups in total. The van der Waals surface area contributed by atoms with Crippen LogP contribution in [0, 0.1) is 0 Å². The molecule has 1 aromatic heterocycles. The van der Waals surface area contributed by atoms with Gasteiger partial charge < -0.3 is 24.4 Å². The van der Waals surface area contributed by atoms with Crippen molar-refractivity contribution in [1.82, 2.24) is 20.0 Å². The Morgan fingerprint density at radius 2 is 1.73 bits per heavy atom. The quantitative estimate of drug-likeness (QED) is 0.697. The van der Waals surface area contributed by atoms with Crippen LogP contribution in [0.3, 0.4) is 0 Å². The summed E-state index contributed by atoms with van der Waals surface area (Å²) in [5.41, 5.74) is 0.294. The number of hydrogen-bond acceptors (Lipinski definition) is 7. The molecule has 0 unspecified atom stereocenters. The number of halogens is 2. The number of carbonyl (C=O) groups excluding carboxylic acids is 2. The summed E-state index contributed by atoms with van der Waals surface area (Å²) in [6, 6.07) is 5.83. The molecule has 0 bridgehead atoms. The number of hydrogen-bond donors (Lipinski definition) is 1. The maximum atomic E-state index is 13.1. The summed E-state index contributed by atoms with van der Waals surface area (Å²) in [4.78, 5) is 28.6. The molecule has 1 saturated carbocycles. The van der Waals surface area contributed by atoms with Crippen LogP contribution in [0.1, 0.15) is 34.5 Å². The Morgan fingerprint density at radius 3 is 2.45 bits per heavy atom. The fourth-order valence-electron chi connectivity index (χ4n) is 3.74. The number of piperazine rings is 1. The van der Waals surface area contributed by atoms with Gasteiger partial charge in [0.1, 0.15) is 5.60 Å². The minimum Gasteiger partial charge on any atom is -0.395 e. The van der Waals surface area contributed by atoms with Crippen molar-refractivity contribution in [2.45, 2.75) is 24.7 Å². The maximum Gasteiger partial charge on any atom is 0.586 e. The Kier molecular flexibility index (Phi) is 5.00. The molecule has 3 aliphatic rings. The molecule has 1 aromatic carbocycles. The molecule has 11 heteroatoms. The Bertz CT molecular complexity index is 1140. The van der Waals surface area contributed by atoms with Gasteiger partial charge in [-0.05, 0) is 42.7 Å². The van der Waals surface area contributed by atoms with Crippen LogP contribution < -0.4 is 9.47 Å². The number of nitrogens with zero attached hydrogens (tertiary/aromatic N) is 4. The van der Waals surface area contributed by atoms with Crippen LogP contribution in [-0.4, -0.2) is 69.4 Å². The second-order valence-corrected chi connectivity index (χ2v) is 8.19. The number of aliphatic hydroxyl groups is 1. The van der Waals surface area contributed by atoms with Gasteiger partial charge in [0.15, 0.2) is 11.5 Å². The van der Waals surface area contributed by atoms with E-state index in [1.54, 1.807) is 21.9 Å². The van der Waals surface area contributed by atoms with E-state index in [2.05, 4.69) is 19.7 Å². The monoisotopic (exact) mass is 458 g/mol. The lowest BCUT2D eigenvalue weighted by molar-refractivity contribution is -0.286. The number of rotatable bonds is 4. The van der Waals surface area contributed by atoms with E-state index in [0.717, 1.165) is 0 Å². The third kappa shape index (κ3) is 4.36. The van der Waals surface area contributed by atoms with E-state index in [1.807, 2.05) is 0 Å². The maximum absolute atomic E-state index is 13.1. The number of ether oxygens (including phenoxy) is 2. The predicted octanol–water partition coefficient (Wildman–Crippen LogP) is 1.78. The largest absolute Gasteiger partial charge is 0.586 e. The molecule has 5 rings (SSSR count). The molecule has 1 aliphatic carbocycles. The van der Waals surface area contributed by atoms with Crippen LogP contribution >= 0.6 is 0 Å². The zero-order valence-corrected chi connectivity index (χ0v) is 17.4. The summed E-state index contributed by atoms with van der Waals surface area (Å²) in [5, 5.41) is 18.0. The number of amides is 2. The molecular formula is C22H20F2N4O5. The van der Waals surface area contributed by atoms with E-state index in [1.165, 1.54) is 30.5 Å². The first kappa shape index (κ1) is 21.3. The first-order valence-corrected chi connectivity index (χ1v) is 10.4. The molecule has 2 fully saturated rings. The van der Waals surface area contributed by atoms with Crippen molar-refractivity contribution in [3.8, 4) is 11.5 Å². The number of carbonyl (C=O) groups is 2. The first-order valence-electron chi connectivity index (χ1n) is 10.4. The van der Waals surface area contributed by atoms with Gasteiger partial charge in [-0.3, -0.25) is 9.59 Å². The second-order valence-electron chi connectivity index (χ2n) is 8.19. The Morgan fingerprint density at radius 1 is 1.03 bits per heavy atom. The lowest BCUT2D eigenvalue weighted by Gasteiger charge is -2.34. The highest BCUT2D eigenvalue weighted by molar-refractivity contribution is 5.95. The fraction of sp³-hybridized carbons (Fsp3) is 0.364. The van der Waals surface area contributed by atoms with Crippen molar-refractivity contribution >= 4 is 17.9 Å². The molecule has 2 aromatic rings. The van der Waals surface area contributed by atoms with E-state index < -0.39 is 11.9 Å². The van der Waals surface area contributed by atoms with E-state index in [-0.39, 0.29) is 23.3 Å². The van der Waals surface area contributed by atoms with Gasteiger partial charge in [-0.25, -0.2) is 0 Å². The molecular weight excluding hydrogens is 438 g/mol. The van der Waals surface area contributed by atoms with Crippen molar-refractivity contribution in [2.75, 3.05) is 26.2 Å². The van der Waals surface area contributed by atoms with Gasteiger partial charge >= 0.3 is 6.29 Å². The predicted molar refractivity (Wildman–Crippen MR) is 109 cm³/mol.